The number of methoxy groups -OCH3 is 1. The van der Waals surface area contributed by atoms with Crippen molar-refractivity contribution < 1.29 is 9.53 Å². The van der Waals surface area contributed by atoms with E-state index >= 15 is 0 Å². The van der Waals surface area contributed by atoms with E-state index in [1.165, 1.54) is 6.08 Å². The lowest BCUT2D eigenvalue weighted by molar-refractivity contribution is -0.115. The zero-order valence-electron chi connectivity index (χ0n) is 12.4. The van der Waals surface area contributed by atoms with Gasteiger partial charge in [0, 0.05) is 11.8 Å². The molecule has 0 unspecified atom stereocenters. The van der Waals surface area contributed by atoms with Crippen LogP contribution in [0.25, 0.3) is 6.08 Å². The van der Waals surface area contributed by atoms with Crippen LogP contribution in [0, 0.1) is 0 Å². The maximum atomic E-state index is 11.8. The maximum absolute atomic E-state index is 11.8. The summed E-state index contributed by atoms with van der Waals surface area (Å²) in [6.45, 7) is 0. The van der Waals surface area contributed by atoms with E-state index in [0.29, 0.717) is 0 Å². The second-order valence-electron chi connectivity index (χ2n) is 4.54. The van der Waals surface area contributed by atoms with Crippen molar-refractivity contribution in [2.24, 2.45) is 0 Å². The Bertz CT molecular complexity index is 733. The Balaban J connectivity index is 1.90. The van der Waals surface area contributed by atoms with Gasteiger partial charge in [0.1, 0.15) is 5.75 Å². The maximum Gasteiger partial charge on any atom is 0.250 e. The first-order valence-corrected chi connectivity index (χ1v) is 7.97. The molecule has 2 N–H and O–H groups in total. The third-order valence-electron chi connectivity index (χ3n) is 2.87. The summed E-state index contributed by atoms with van der Waals surface area (Å²) in [7, 11) is 1.59. The third-order valence-corrected chi connectivity index (χ3v) is 3.70. The number of nitrogens with one attached hydrogen (secondary N) is 2. The summed E-state index contributed by atoms with van der Waals surface area (Å²) in [5.41, 5.74) is 1.69. The number of carbonyl (C=O) groups excluding carboxylic acids is 1. The minimum Gasteiger partial charge on any atom is -0.496 e. The van der Waals surface area contributed by atoms with Crippen LogP contribution in [-0.4, -0.2) is 18.1 Å². The SMILES string of the molecule is COc1ccc(NC(=S)NC(=O)C=Cc2ccccc2)cc1Br. The normalized spacial score (nSPS) is 10.3. The summed E-state index contributed by atoms with van der Waals surface area (Å²) in [6.07, 6.45) is 3.16. The lowest BCUT2D eigenvalue weighted by Crippen LogP contribution is -2.32. The van der Waals surface area contributed by atoms with E-state index in [-0.39, 0.29) is 11.0 Å². The van der Waals surface area contributed by atoms with E-state index in [1.54, 1.807) is 19.3 Å². The number of ether oxygens (including phenoxy) is 1. The average molecular weight is 391 g/mol. The van der Waals surface area contributed by atoms with Crippen molar-refractivity contribution in [3.63, 3.8) is 0 Å². The third kappa shape index (κ3) is 5.50. The molecule has 4 nitrogen and oxygen atoms in total. The number of thiocarbonyl (C=S) groups is 1. The topological polar surface area (TPSA) is 50.4 Å². The summed E-state index contributed by atoms with van der Waals surface area (Å²) in [5, 5.41) is 5.76. The average Bonchev–Trinajstić information content (AvgIpc) is 2.54. The van der Waals surface area contributed by atoms with Gasteiger partial charge in [0.2, 0.25) is 5.91 Å². The monoisotopic (exact) mass is 390 g/mol. The second kappa shape index (κ2) is 8.45. The molecule has 0 aliphatic rings. The molecule has 6 heteroatoms. The Kier molecular flexibility index (Phi) is 6.31. The van der Waals surface area contributed by atoms with Crippen molar-refractivity contribution in [2.75, 3.05) is 12.4 Å². The zero-order chi connectivity index (χ0) is 16.7. The molecule has 0 saturated heterocycles. The predicted molar refractivity (Wildman–Crippen MR) is 101 cm³/mol. The van der Waals surface area contributed by atoms with Crippen molar-refractivity contribution in [1.82, 2.24) is 5.32 Å². The number of halogens is 1. The van der Waals surface area contributed by atoms with Crippen LogP contribution >= 0.6 is 28.1 Å². The van der Waals surface area contributed by atoms with E-state index in [4.69, 9.17) is 17.0 Å². The van der Waals surface area contributed by atoms with Gasteiger partial charge in [-0.25, -0.2) is 0 Å². The smallest absolute Gasteiger partial charge is 0.250 e. The fraction of sp³-hybridized carbons (Fsp3) is 0.0588. The van der Waals surface area contributed by atoms with Crippen molar-refractivity contribution in [1.29, 1.82) is 0 Å². The number of amides is 1. The van der Waals surface area contributed by atoms with Crippen molar-refractivity contribution in [3.05, 3.63) is 64.6 Å². The molecule has 2 rings (SSSR count). The van der Waals surface area contributed by atoms with Crippen LogP contribution in [0.15, 0.2) is 59.1 Å². The van der Waals surface area contributed by atoms with Gasteiger partial charge in [-0.15, -0.1) is 0 Å². The Morgan fingerprint density at radius 1 is 1.22 bits per heavy atom. The van der Waals surface area contributed by atoms with Gasteiger partial charge in [0.15, 0.2) is 5.11 Å². The van der Waals surface area contributed by atoms with Gasteiger partial charge in [0.25, 0.3) is 0 Å². The van der Waals surface area contributed by atoms with Crippen molar-refractivity contribution in [3.8, 4) is 5.75 Å². The van der Waals surface area contributed by atoms with Crippen molar-refractivity contribution >= 4 is 50.9 Å². The molecule has 0 spiro atoms. The van der Waals surface area contributed by atoms with Crippen LogP contribution in [0.1, 0.15) is 5.56 Å². The molecule has 0 bridgehead atoms. The molecule has 0 radical (unpaired) electrons. The first-order chi connectivity index (χ1) is 11.1. The van der Waals surface area contributed by atoms with E-state index < -0.39 is 0 Å². The number of benzene rings is 2. The zero-order valence-corrected chi connectivity index (χ0v) is 14.8. The van der Waals surface area contributed by atoms with E-state index in [0.717, 1.165) is 21.5 Å². The first-order valence-electron chi connectivity index (χ1n) is 6.77. The molecular formula is C17H15BrN2O2S. The molecule has 0 aliphatic heterocycles. The summed E-state index contributed by atoms with van der Waals surface area (Å²) in [5.74, 6) is 0.426. The van der Waals surface area contributed by atoms with Crippen LogP contribution in [0.2, 0.25) is 0 Å². The minimum atomic E-state index is -0.293. The van der Waals surface area contributed by atoms with Gasteiger partial charge in [-0.3, -0.25) is 10.1 Å². The number of rotatable bonds is 4. The summed E-state index contributed by atoms with van der Waals surface area (Å²) >= 11 is 8.52. The van der Waals surface area contributed by atoms with E-state index in [9.17, 15) is 4.79 Å². The van der Waals surface area contributed by atoms with Crippen LogP contribution in [0.4, 0.5) is 5.69 Å². The molecule has 2 aromatic rings. The van der Waals surface area contributed by atoms with E-state index in [1.807, 2.05) is 42.5 Å². The molecule has 23 heavy (non-hydrogen) atoms. The predicted octanol–water partition coefficient (Wildman–Crippen LogP) is 3.98. The van der Waals surface area contributed by atoms with Crippen LogP contribution in [-0.2, 0) is 4.79 Å². The Labute approximate surface area is 148 Å². The molecule has 0 aromatic heterocycles. The molecule has 2 aromatic carbocycles. The minimum absolute atomic E-state index is 0.227. The molecule has 1 amide bonds. The number of carbonyl (C=O) groups is 1. The molecular weight excluding hydrogens is 376 g/mol. The number of hydrogen-bond acceptors (Lipinski definition) is 3. The van der Waals surface area contributed by atoms with Gasteiger partial charge in [-0.2, -0.15) is 0 Å². The van der Waals surface area contributed by atoms with Gasteiger partial charge >= 0.3 is 0 Å². The summed E-state index contributed by atoms with van der Waals surface area (Å²) in [6, 6.07) is 15.0. The molecule has 0 saturated carbocycles. The van der Waals surface area contributed by atoms with Crippen LogP contribution in [0.3, 0.4) is 0 Å². The standard InChI is InChI=1S/C17H15BrN2O2S/c1-22-15-9-8-13(11-14(15)18)19-17(23)20-16(21)10-7-12-5-3-2-4-6-12/h2-11H,1H3,(H2,19,20,21,23). The highest BCUT2D eigenvalue weighted by Gasteiger charge is 2.04. The lowest BCUT2D eigenvalue weighted by atomic mass is 10.2. The quantitative estimate of drug-likeness (QED) is 0.612. The fourth-order valence-electron chi connectivity index (χ4n) is 1.80. The first kappa shape index (κ1) is 17.2. The Morgan fingerprint density at radius 2 is 1.96 bits per heavy atom. The Hall–Kier alpha value is -2.18. The van der Waals surface area contributed by atoms with Crippen LogP contribution < -0.4 is 15.4 Å². The number of anilines is 1. The van der Waals surface area contributed by atoms with Crippen molar-refractivity contribution in [2.45, 2.75) is 0 Å². The summed E-state index contributed by atoms with van der Waals surface area (Å²) in [4.78, 5) is 11.8. The molecule has 0 fully saturated rings. The second-order valence-corrected chi connectivity index (χ2v) is 5.80. The fourth-order valence-corrected chi connectivity index (χ4v) is 2.56. The van der Waals surface area contributed by atoms with Gasteiger partial charge < -0.3 is 10.1 Å². The van der Waals surface area contributed by atoms with E-state index in [2.05, 4.69) is 26.6 Å². The number of hydrogen-bond donors (Lipinski definition) is 2. The lowest BCUT2D eigenvalue weighted by Gasteiger charge is -2.10. The van der Waals surface area contributed by atoms with Gasteiger partial charge in [-0.05, 0) is 58.0 Å². The Morgan fingerprint density at radius 3 is 2.61 bits per heavy atom. The highest BCUT2D eigenvalue weighted by Crippen LogP contribution is 2.27. The van der Waals surface area contributed by atoms with Gasteiger partial charge in [0.05, 0.1) is 11.6 Å². The molecule has 0 atom stereocenters. The highest BCUT2D eigenvalue weighted by molar-refractivity contribution is 9.10. The summed E-state index contributed by atoms with van der Waals surface area (Å²) < 4.78 is 5.95. The molecule has 0 heterocycles. The molecule has 0 aliphatic carbocycles. The molecule has 118 valence electrons. The highest BCUT2D eigenvalue weighted by atomic mass is 79.9. The van der Waals surface area contributed by atoms with Gasteiger partial charge in [-0.1, -0.05) is 30.3 Å². The van der Waals surface area contributed by atoms with Crippen LogP contribution in [0.5, 0.6) is 5.75 Å². The largest absolute Gasteiger partial charge is 0.496 e.